The van der Waals surface area contributed by atoms with Crippen LogP contribution in [0.25, 0.3) is 0 Å². The van der Waals surface area contributed by atoms with Crippen LogP contribution >= 0.6 is 11.6 Å². The third-order valence-corrected chi connectivity index (χ3v) is 8.55. The van der Waals surface area contributed by atoms with Crippen molar-refractivity contribution >= 4 is 41.2 Å². The average molecular weight is 639 g/mol. The molecular weight excluding hydrogens is 596 g/mol. The van der Waals surface area contributed by atoms with E-state index in [-0.39, 0.29) is 30.7 Å². The van der Waals surface area contributed by atoms with Gasteiger partial charge in [0.25, 0.3) is 5.91 Å². The first-order valence-corrected chi connectivity index (χ1v) is 15.9. The molecule has 242 valence electrons. The monoisotopic (exact) mass is 638 g/mol. The van der Waals surface area contributed by atoms with Crippen LogP contribution < -0.4 is 21.3 Å². The summed E-state index contributed by atoms with van der Waals surface area (Å²) < 4.78 is 6.06. The van der Waals surface area contributed by atoms with Gasteiger partial charge in [-0.25, -0.2) is 4.79 Å². The molecule has 1 heterocycles. The van der Waals surface area contributed by atoms with Crippen LogP contribution in [0.15, 0.2) is 54.6 Å². The Morgan fingerprint density at radius 3 is 2.29 bits per heavy atom. The van der Waals surface area contributed by atoms with E-state index in [2.05, 4.69) is 21.3 Å². The van der Waals surface area contributed by atoms with E-state index in [4.69, 9.17) is 16.3 Å². The number of halogens is 1. The van der Waals surface area contributed by atoms with Gasteiger partial charge in [0.05, 0.1) is 6.04 Å². The normalized spacial score (nSPS) is 18.4. The van der Waals surface area contributed by atoms with Crippen LogP contribution in [0.3, 0.4) is 0 Å². The number of ketones is 1. The van der Waals surface area contributed by atoms with Crippen molar-refractivity contribution in [3.63, 3.8) is 0 Å². The lowest BCUT2D eigenvalue weighted by molar-refractivity contribution is -0.141. The highest BCUT2D eigenvalue weighted by Crippen LogP contribution is 2.40. The van der Waals surface area contributed by atoms with E-state index in [0.717, 1.165) is 24.0 Å². The van der Waals surface area contributed by atoms with Crippen molar-refractivity contribution in [2.24, 2.45) is 11.8 Å². The van der Waals surface area contributed by atoms with Crippen LogP contribution in [0.4, 0.5) is 4.79 Å². The third-order valence-electron chi connectivity index (χ3n) is 8.32. The van der Waals surface area contributed by atoms with Gasteiger partial charge in [-0.15, -0.1) is 0 Å². The molecule has 4 atom stereocenters. The fourth-order valence-corrected chi connectivity index (χ4v) is 5.78. The van der Waals surface area contributed by atoms with E-state index >= 15 is 0 Å². The zero-order chi connectivity index (χ0) is 32.7. The van der Waals surface area contributed by atoms with Crippen molar-refractivity contribution in [2.75, 3.05) is 6.54 Å². The maximum Gasteiger partial charge on any atom is 0.408 e. The number of rotatable bonds is 14. The second-order valence-corrected chi connectivity index (χ2v) is 13.4. The third kappa shape index (κ3) is 9.29. The van der Waals surface area contributed by atoms with Gasteiger partial charge in [-0.05, 0) is 61.3 Å². The SMILES string of the molecule is CC(C)C[C@H](NC(=O)O[C@H](c1ccccc1)C(C)(C)c1cccc(Cl)c1)C(=O)N[C@@H](C[C@@H]1CCNC1=O)C(=O)C(=O)NC1CC1. The zero-order valence-corrected chi connectivity index (χ0v) is 27.0. The Balaban J connectivity index is 1.53. The molecule has 45 heavy (non-hydrogen) atoms. The maximum absolute atomic E-state index is 13.7. The minimum Gasteiger partial charge on any atom is -0.440 e. The quantitative estimate of drug-likeness (QED) is 0.227. The smallest absolute Gasteiger partial charge is 0.408 e. The molecule has 2 aliphatic rings. The average Bonchev–Trinajstić information content (AvgIpc) is 3.73. The first-order valence-electron chi connectivity index (χ1n) is 15.6. The second kappa shape index (κ2) is 14.9. The number of Topliss-reactive ketones (excluding diaryl/α,β-unsaturated/α-hetero) is 1. The van der Waals surface area contributed by atoms with Crippen molar-refractivity contribution < 1.29 is 28.7 Å². The van der Waals surface area contributed by atoms with Gasteiger partial charge in [0, 0.05) is 28.9 Å². The molecule has 1 saturated heterocycles. The largest absolute Gasteiger partial charge is 0.440 e. The molecule has 4 N–H and O–H groups in total. The summed E-state index contributed by atoms with van der Waals surface area (Å²) >= 11 is 6.30. The predicted molar refractivity (Wildman–Crippen MR) is 170 cm³/mol. The Morgan fingerprint density at radius 1 is 0.978 bits per heavy atom. The van der Waals surface area contributed by atoms with Crippen LogP contribution in [-0.4, -0.2) is 54.3 Å². The van der Waals surface area contributed by atoms with Crippen LogP contribution in [0.2, 0.25) is 5.02 Å². The van der Waals surface area contributed by atoms with E-state index in [1.807, 2.05) is 76.2 Å². The minimum atomic E-state index is -1.23. The van der Waals surface area contributed by atoms with E-state index < -0.39 is 53.2 Å². The van der Waals surface area contributed by atoms with Crippen molar-refractivity contribution in [3.8, 4) is 0 Å². The van der Waals surface area contributed by atoms with Gasteiger partial charge in [-0.1, -0.05) is 81.8 Å². The number of hydrogen-bond donors (Lipinski definition) is 4. The first-order chi connectivity index (χ1) is 21.3. The summed E-state index contributed by atoms with van der Waals surface area (Å²) in [6, 6.07) is 14.3. The first kappa shape index (κ1) is 34.0. The number of ether oxygens (including phenoxy) is 1. The van der Waals surface area contributed by atoms with Gasteiger partial charge in [0.1, 0.15) is 12.1 Å². The number of amides is 4. The number of hydrogen-bond acceptors (Lipinski definition) is 6. The Hall–Kier alpha value is -3.92. The number of carbonyl (C=O) groups excluding carboxylic acids is 5. The standard InChI is InChI=1S/C34H43ClN4O6/c1-20(2)17-27(31(42)38-26(18-22-15-16-36-30(22)41)28(40)32(43)37-25-13-14-25)39-33(44)45-29(21-9-6-5-7-10-21)34(3,4)23-11-8-12-24(35)19-23/h5-12,19-20,22,25-27,29H,13-18H2,1-4H3,(H,36,41)(H,37,43)(H,38,42)(H,39,44)/t22-,26-,27-,29+/m0/s1. The highest BCUT2D eigenvalue weighted by atomic mass is 35.5. The Labute approximate surface area is 269 Å². The molecule has 0 unspecified atom stereocenters. The van der Waals surface area contributed by atoms with Gasteiger partial charge >= 0.3 is 6.09 Å². The molecule has 1 aliphatic heterocycles. The van der Waals surface area contributed by atoms with Crippen molar-refractivity contribution in [1.82, 2.24) is 21.3 Å². The molecule has 2 aromatic rings. The molecule has 4 amide bonds. The molecule has 2 aromatic carbocycles. The molecule has 0 bridgehead atoms. The van der Waals surface area contributed by atoms with E-state index in [1.165, 1.54) is 0 Å². The molecule has 2 fully saturated rings. The van der Waals surface area contributed by atoms with Gasteiger partial charge in [0.15, 0.2) is 0 Å². The predicted octanol–water partition coefficient (Wildman–Crippen LogP) is 4.36. The fraction of sp³-hybridized carbons (Fsp3) is 0.500. The molecule has 0 spiro atoms. The zero-order valence-electron chi connectivity index (χ0n) is 26.2. The van der Waals surface area contributed by atoms with Gasteiger partial charge in [-0.3, -0.25) is 19.2 Å². The Morgan fingerprint density at radius 2 is 1.69 bits per heavy atom. The summed E-state index contributed by atoms with van der Waals surface area (Å²) in [7, 11) is 0. The molecule has 0 radical (unpaired) electrons. The van der Waals surface area contributed by atoms with Crippen molar-refractivity contribution in [1.29, 1.82) is 0 Å². The van der Waals surface area contributed by atoms with Crippen LogP contribution in [0, 0.1) is 11.8 Å². The second-order valence-electron chi connectivity index (χ2n) is 12.9. The molecule has 4 rings (SSSR count). The van der Waals surface area contributed by atoms with Crippen LogP contribution in [-0.2, 0) is 29.3 Å². The molecule has 1 saturated carbocycles. The fourth-order valence-electron chi connectivity index (χ4n) is 5.59. The molecule has 10 nitrogen and oxygen atoms in total. The van der Waals surface area contributed by atoms with Crippen molar-refractivity contribution in [2.45, 2.75) is 89.4 Å². The summed E-state index contributed by atoms with van der Waals surface area (Å²) in [5.41, 5.74) is 0.896. The minimum absolute atomic E-state index is 0.0122. The number of alkyl carbamates (subject to hydrolysis) is 1. The summed E-state index contributed by atoms with van der Waals surface area (Å²) in [5, 5.41) is 11.3. The summed E-state index contributed by atoms with van der Waals surface area (Å²) in [4.78, 5) is 65.4. The topological polar surface area (TPSA) is 143 Å². The highest BCUT2D eigenvalue weighted by Gasteiger charge is 2.39. The van der Waals surface area contributed by atoms with E-state index in [9.17, 15) is 24.0 Å². The molecule has 0 aromatic heterocycles. The summed E-state index contributed by atoms with van der Waals surface area (Å²) in [6.07, 6.45) is 0.742. The Kier molecular flexibility index (Phi) is 11.3. The van der Waals surface area contributed by atoms with E-state index in [0.29, 0.717) is 18.0 Å². The van der Waals surface area contributed by atoms with E-state index in [1.54, 1.807) is 6.07 Å². The lowest BCUT2D eigenvalue weighted by Crippen LogP contribution is -2.55. The van der Waals surface area contributed by atoms with Gasteiger partial charge < -0.3 is 26.0 Å². The highest BCUT2D eigenvalue weighted by molar-refractivity contribution is 6.38. The number of nitrogens with one attached hydrogen (secondary N) is 4. The van der Waals surface area contributed by atoms with Gasteiger partial charge in [0.2, 0.25) is 17.6 Å². The molecular formula is C34H43ClN4O6. The van der Waals surface area contributed by atoms with Gasteiger partial charge in [-0.2, -0.15) is 0 Å². The Bertz CT molecular complexity index is 1390. The lowest BCUT2D eigenvalue weighted by Gasteiger charge is -2.35. The molecule has 1 aliphatic carbocycles. The summed E-state index contributed by atoms with van der Waals surface area (Å²) in [6.45, 7) is 8.16. The molecule has 11 heteroatoms. The summed E-state index contributed by atoms with van der Waals surface area (Å²) in [5.74, 6) is -2.99. The number of benzene rings is 2. The maximum atomic E-state index is 13.7. The number of carbonyl (C=O) groups is 5. The lowest BCUT2D eigenvalue weighted by atomic mass is 9.76. The van der Waals surface area contributed by atoms with Crippen LogP contribution in [0.5, 0.6) is 0 Å². The van der Waals surface area contributed by atoms with Crippen molar-refractivity contribution in [3.05, 3.63) is 70.7 Å². The van der Waals surface area contributed by atoms with Crippen LogP contribution in [0.1, 0.15) is 77.0 Å².